The molecule has 1 aromatic heterocycles. The molecule has 0 aliphatic carbocycles. The zero-order valence-electron chi connectivity index (χ0n) is 15.3. The Morgan fingerprint density at radius 1 is 1.14 bits per heavy atom. The zero-order valence-corrected chi connectivity index (χ0v) is 16.2. The molecule has 28 heavy (non-hydrogen) atoms. The van der Waals surface area contributed by atoms with Gasteiger partial charge in [-0.05, 0) is 30.8 Å². The van der Waals surface area contributed by atoms with Crippen LogP contribution in [0.2, 0.25) is 0 Å². The van der Waals surface area contributed by atoms with Gasteiger partial charge in [0, 0.05) is 22.7 Å². The Morgan fingerprint density at radius 2 is 1.89 bits per heavy atom. The first-order chi connectivity index (χ1) is 13.4. The van der Waals surface area contributed by atoms with E-state index in [0.29, 0.717) is 5.56 Å². The lowest BCUT2D eigenvalue weighted by Gasteiger charge is -2.09. The number of para-hydroxylation sites is 1. The van der Waals surface area contributed by atoms with Gasteiger partial charge in [-0.15, -0.1) is 0 Å². The van der Waals surface area contributed by atoms with Crippen molar-refractivity contribution in [2.24, 2.45) is 0 Å². The molecular formula is C19H18N2O6S. The highest BCUT2D eigenvalue weighted by Crippen LogP contribution is 2.34. The molecule has 1 aliphatic rings. The molecule has 0 spiro atoms. The molecule has 0 saturated carbocycles. The fraction of sp³-hybridized carbons (Fsp3) is 0.263. The molecule has 1 fully saturated rings. The molecule has 8 nitrogen and oxygen atoms in total. The third-order valence-corrected chi connectivity index (χ3v) is 5.01. The second kappa shape index (κ2) is 8.30. The van der Waals surface area contributed by atoms with Crippen LogP contribution in [0.5, 0.6) is 0 Å². The Bertz CT molecular complexity index is 993. The molecule has 0 bridgehead atoms. The van der Waals surface area contributed by atoms with E-state index < -0.39 is 23.7 Å². The van der Waals surface area contributed by atoms with Crippen LogP contribution < -0.4 is 0 Å². The molecule has 2 amide bonds. The summed E-state index contributed by atoms with van der Waals surface area (Å²) in [6, 6.07) is 7.41. The Balaban J connectivity index is 1.94. The largest absolute Gasteiger partial charge is 0.468 e. The second-order valence-electron chi connectivity index (χ2n) is 5.88. The zero-order chi connectivity index (χ0) is 20.3. The lowest BCUT2D eigenvalue weighted by atomic mass is 10.1. The molecule has 0 atom stereocenters. The first kappa shape index (κ1) is 19.7. The van der Waals surface area contributed by atoms with E-state index in [1.165, 1.54) is 7.11 Å². The molecule has 1 aromatic carbocycles. The summed E-state index contributed by atoms with van der Waals surface area (Å²) in [4.78, 5) is 48.9. The van der Waals surface area contributed by atoms with Gasteiger partial charge in [-0.1, -0.05) is 18.2 Å². The van der Waals surface area contributed by atoms with Gasteiger partial charge in [-0.3, -0.25) is 24.1 Å². The van der Waals surface area contributed by atoms with Gasteiger partial charge in [0.15, 0.2) is 0 Å². The van der Waals surface area contributed by atoms with Gasteiger partial charge < -0.3 is 14.0 Å². The first-order valence-electron chi connectivity index (χ1n) is 8.50. The number of aromatic nitrogens is 1. The average Bonchev–Trinajstić information content (AvgIpc) is 3.14. The summed E-state index contributed by atoms with van der Waals surface area (Å²) < 4.78 is 11.3. The van der Waals surface area contributed by atoms with Crippen LogP contribution >= 0.6 is 11.8 Å². The van der Waals surface area contributed by atoms with Gasteiger partial charge in [0.05, 0.1) is 18.6 Å². The quantitative estimate of drug-likeness (QED) is 0.541. The van der Waals surface area contributed by atoms with Gasteiger partial charge in [-0.25, -0.2) is 0 Å². The van der Waals surface area contributed by atoms with Crippen molar-refractivity contribution in [2.75, 3.05) is 20.3 Å². The summed E-state index contributed by atoms with van der Waals surface area (Å²) >= 11 is 0.759. The lowest BCUT2D eigenvalue weighted by molar-refractivity contribution is -0.144. The minimum atomic E-state index is -0.672. The number of hydrogen-bond donors (Lipinski definition) is 0. The van der Waals surface area contributed by atoms with E-state index in [-0.39, 0.29) is 24.0 Å². The monoisotopic (exact) mass is 402 g/mol. The van der Waals surface area contributed by atoms with Crippen LogP contribution in [0, 0.1) is 0 Å². The van der Waals surface area contributed by atoms with Crippen LogP contribution in [0.4, 0.5) is 4.79 Å². The van der Waals surface area contributed by atoms with E-state index in [0.717, 1.165) is 27.6 Å². The Kier molecular flexibility index (Phi) is 5.84. The van der Waals surface area contributed by atoms with Crippen molar-refractivity contribution < 1.29 is 28.7 Å². The van der Waals surface area contributed by atoms with Crippen LogP contribution in [-0.4, -0.2) is 52.8 Å². The highest BCUT2D eigenvalue weighted by Gasteiger charge is 2.36. The molecule has 3 rings (SSSR count). The van der Waals surface area contributed by atoms with Crippen molar-refractivity contribution >= 4 is 51.8 Å². The van der Waals surface area contributed by atoms with Gasteiger partial charge in [-0.2, -0.15) is 0 Å². The van der Waals surface area contributed by atoms with E-state index in [2.05, 4.69) is 4.74 Å². The number of nitrogens with zero attached hydrogens (tertiary/aromatic N) is 2. The van der Waals surface area contributed by atoms with Crippen molar-refractivity contribution in [1.82, 2.24) is 9.47 Å². The Labute approximate surface area is 165 Å². The standard InChI is InChI=1S/C19H18N2O6S/c1-3-27-17(23)10-20-9-12(13-6-4-5-7-14(13)20)8-15-18(24)21(19(25)28-15)11-16(22)26-2/h4-9H,3,10-11H2,1-2H3. The predicted molar refractivity (Wildman–Crippen MR) is 103 cm³/mol. The first-order valence-corrected chi connectivity index (χ1v) is 9.32. The molecule has 2 aromatic rings. The minimum absolute atomic E-state index is 0.0337. The third-order valence-electron chi connectivity index (χ3n) is 4.10. The van der Waals surface area contributed by atoms with E-state index >= 15 is 0 Å². The highest BCUT2D eigenvalue weighted by atomic mass is 32.2. The molecule has 2 heterocycles. The molecular weight excluding hydrogens is 384 g/mol. The van der Waals surface area contributed by atoms with E-state index in [4.69, 9.17) is 4.74 Å². The summed E-state index contributed by atoms with van der Waals surface area (Å²) in [5.41, 5.74) is 1.49. The van der Waals surface area contributed by atoms with Crippen molar-refractivity contribution in [3.05, 3.63) is 40.9 Å². The summed E-state index contributed by atoms with van der Waals surface area (Å²) in [6.45, 7) is 1.63. The maximum atomic E-state index is 12.5. The minimum Gasteiger partial charge on any atom is -0.468 e. The maximum absolute atomic E-state index is 12.5. The van der Waals surface area contributed by atoms with Crippen molar-refractivity contribution in [1.29, 1.82) is 0 Å². The number of fused-ring (bicyclic) bond motifs is 1. The van der Waals surface area contributed by atoms with Crippen LogP contribution in [0.25, 0.3) is 17.0 Å². The van der Waals surface area contributed by atoms with E-state index in [9.17, 15) is 19.2 Å². The number of methoxy groups -OCH3 is 1. The number of rotatable bonds is 6. The average molecular weight is 402 g/mol. The van der Waals surface area contributed by atoms with E-state index in [1.807, 2.05) is 24.3 Å². The summed E-state index contributed by atoms with van der Waals surface area (Å²) in [5.74, 6) is -1.59. The summed E-state index contributed by atoms with van der Waals surface area (Å²) in [7, 11) is 1.19. The third kappa shape index (κ3) is 3.94. The van der Waals surface area contributed by atoms with Crippen LogP contribution in [0.3, 0.4) is 0 Å². The number of thioether (sulfide) groups is 1. The number of carbonyl (C=O) groups excluding carboxylic acids is 4. The molecule has 9 heteroatoms. The topological polar surface area (TPSA) is 94.9 Å². The van der Waals surface area contributed by atoms with Gasteiger partial charge in [0.25, 0.3) is 11.1 Å². The summed E-state index contributed by atoms with van der Waals surface area (Å²) in [6.07, 6.45) is 3.32. The van der Waals surface area contributed by atoms with Crippen molar-refractivity contribution in [2.45, 2.75) is 13.5 Å². The molecule has 1 aliphatic heterocycles. The van der Waals surface area contributed by atoms with Gasteiger partial charge in [0.1, 0.15) is 13.1 Å². The number of carbonyl (C=O) groups is 4. The van der Waals surface area contributed by atoms with Crippen LogP contribution in [0.15, 0.2) is 35.4 Å². The van der Waals surface area contributed by atoms with Crippen molar-refractivity contribution in [3.63, 3.8) is 0 Å². The smallest absolute Gasteiger partial charge is 0.325 e. The van der Waals surface area contributed by atoms with E-state index in [1.54, 1.807) is 23.8 Å². The molecule has 0 radical (unpaired) electrons. The number of ether oxygens (including phenoxy) is 2. The van der Waals surface area contributed by atoms with Crippen LogP contribution in [0.1, 0.15) is 12.5 Å². The highest BCUT2D eigenvalue weighted by molar-refractivity contribution is 8.18. The maximum Gasteiger partial charge on any atom is 0.325 e. The number of imide groups is 1. The molecule has 0 unspecified atom stereocenters. The lowest BCUT2D eigenvalue weighted by Crippen LogP contribution is -2.34. The summed E-state index contributed by atoms with van der Waals surface area (Å²) in [5, 5.41) is 0.295. The molecule has 0 N–H and O–H groups in total. The Hall–Kier alpha value is -3.07. The van der Waals surface area contributed by atoms with Gasteiger partial charge in [0.2, 0.25) is 0 Å². The molecule has 1 saturated heterocycles. The number of esters is 2. The number of amides is 2. The molecule has 146 valence electrons. The fourth-order valence-electron chi connectivity index (χ4n) is 2.84. The predicted octanol–water partition coefficient (Wildman–Crippen LogP) is 2.41. The second-order valence-corrected chi connectivity index (χ2v) is 6.87. The van der Waals surface area contributed by atoms with Gasteiger partial charge >= 0.3 is 11.9 Å². The number of benzene rings is 1. The SMILES string of the molecule is CCOC(=O)Cn1cc(C=C2SC(=O)N(CC(=O)OC)C2=O)c2ccccc21. The fourth-order valence-corrected chi connectivity index (χ4v) is 3.67. The number of hydrogen-bond acceptors (Lipinski definition) is 7. The van der Waals surface area contributed by atoms with Crippen LogP contribution in [-0.2, 0) is 30.4 Å². The van der Waals surface area contributed by atoms with Crippen molar-refractivity contribution in [3.8, 4) is 0 Å². The Morgan fingerprint density at radius 3 is 2.61 bits per heavy atom. The normalized spacial score (nSPS) is 15.5.